The summed E-state index contributed by atoms with van der Waals surface area (Å²) in [7, 11) is 0. The first-order valence-electron chi connectivity index (χ1n) is 11.7. The predicted molar refractivity (Wildman–Crippen MR) is 121 cm³/mol. The van der Waals surface area contributed by atoms with Crippen LogP contribution in [-0.4, -0.2) is 52.8 Å². The molecule has 0 aromatic carbocycles. The minimum Gasteiger partial charge on any atom is -0.489 e. The molecular weight excluding hydrogens is 424 g/mol. The van der Waals surface area contributed by atoms with Crippen LogP contribution in [0.3, 0.4) is 0 Å². The second-order valence-electron chi connectivity index (χ2n) is 8.95. The highest BCUT2D eigenvalue weighted by Gasteiger charge is 2.24. The second-order valence-corrected chi connectivity index (χ2v) is 8.95. The number of nitrogens with one attached hydrogen (secondary N) is 1. The van der Waals surface area contributed by atoms with Crippen LogP contribution in [0.25, 0.3) is 5.65 Å². The Balaban J connectivity index is 1.39. The number of carbonyl (C=O) groups excluding carboxylic acids is 1. The van der Waals surface area contributed by atoms with Gasteiger partial charge in [0, 0.05) is 56.7 Å². The van der Waals surface area contributed by atoms with Gasteiger partial charge in [0.2, 0.25) is 0 Å². The van der Waals surface area contributed by atoms with E-state index in [1.807, 2.05) is 36.7 Å². The number of anilines is 1. The van der Waals surface area contributed by atoms with Crippen LogP contribution in [-0.2, 0) is 9.47 Å². The Morgan fingerprint density at radius 1 is 1.06 bits per heavy atom. The average molecular weight is 455 g/mol. The third-order valence-electron chi connectivity index (χ3n) is 6.15. The van der Waals surface area contributed by atoms with Gasteiger partial charge in [0.25, 0.3) is 5.91 Å². The van der Waals surface area contributed by atoms with E-state index in [0.717, 1.165) is 50.2 Å². The molecule has 0 atom stereocenters. The minimum atomic E-state index is -0.338. The van der Waals surface area contributed by atoms with Crippen molar-refractivity contribution in [3.8, 4) is 5.75 Å². The fraction of sp³-hybridized carbons (Fsp3) is 0.542. The van der Waals surface area contributed by atoms with Crippen LogP contribution in [0, 0.1) is 0 Å². The van der Waals surface area contributed by atoms with E-state index in [4.69, 9.17) is 23.6 Å². The summed E-state index contributed by atoms with van der Waals surface area (Å²) in [6, 6.07) is 1.87. The Morgan fingerprint density at radius 2 is 1.76 bits per heavy atom. The lowest BCUT2D eigenvalue weighted by molar-refractivity contribution is 0.0794. The molecule has 1 amide bonds. The Labute approximate surface area is 192 Å². The number of hydrogen-bond donors (Lipinski definition) is 1. The molecule has 3 aromatic rings. The number of rotatable bonds is 6. The van der Waals surface area contributed by atoms with E-state index in [-0.39, 0.29) is 23.6 Å². The molecule has 2 saturated heterocycles. The van der Waals surface area contributed by atoms with Crippen LogP contribution in [0.1, 0.15) is 73.4 Å². The molecule has 176 valence electrons. The zero-order valence-electron chi connectivity index (χ0n) is 19.1. The zero-order valence-corrected chi connectivity index (χ0v) is 19.1. The molecule has 1 N–H and O–H groups in total. The molecule has 2 aliphatic rings. The van der Waals surface area contributed by atoms with Crippen molar-refractivity contribution in [1.29, 1.82) is 0 Å². The summed E-state index contributed by atoms with van der Waals surface area (Å²) in [6.45, 7) is 6.79. The molecule has 5 rings (SSSR count). The first kappa shape index (κ1) is 21.9. The van der Waals surface area contributed by atoms with E-state index in [0.29, 0.717) is 36.5 Å². The largest absolute Gasteiger partial charge is 0.489 e. The van der Waals surface area contributed by atoms with Gasteiger partial charge in [-0.15, -0.1) is 0 Å². The SMILES string of the molecule is CC(C)Oc1cc2nc(C3CCOCC3)cn2cc1NC(=O)c1coc(C2CCOCC2)n1. The fourth-order valence-corrected chi connectivity index (χ4v) is 4.38. The maximum atomic E-state index is 13.0. The van der Waals surface area contributed by atoms with Crippen molar-refractivity contribution in [2.24, 2.45) is 0 Å². The molecule has 9 nitrogen and oxygen atoms in total. The number of pyridine rings is 1. The highest BCUT2D eigenvalue weighted by molar-refractivity contribution is 6.03. The molecule has 5 heterocycles. The molecule has 9 heteroatoms. The summed E-state index contributed by atoms with van der Waals surface area (Å²) in [5, 5.41) is 2.95. The van der Waals surface area contributed by atoms with Crippen LogP contribution in [0.2, 0.25) is 0 Å². The zero-order chi connectivity index (χ0) is 22.8. The lowest BCUT2D eigenvalue weighted by atomic mass is 9.97. The average Bonchev–Trinajstić information content (AvgIpc) is 3.47. The van der Waals surface area contributed by atoms with Gasteiger partial charge in [0.05, 0.1) is 11.8 Å². The van der Waals surface area contributed by atoms with Gasteiger partial charge < -0.3 is 28.3 Å². The summed E-state index contributed by atoms with van der Waals surface area (Å²) in [4.78, 5) is 22.2. The van der Waals surface area contributed by atoms with E-state index in [2.05, 4.69) is 10.3 Å². The van der Waals surface area contributed by atoms with Gasteiger partial charge in [-0.05, 0) is 39.5 Å². The second kappa shape index (κ2) is 9.52. The van der Waals surface area contributed by atoms with Crippen molar-refractivity contribution in [3.63, 3.8) is 0 Å². The topological polar surface area (TPSA) is 100 Å². The monoisotopic (exact) mass is 454 g/mol. The van der Waals surface area contributed by atoms with Crippen LogP contribution < -0.4 is 10.1 Å². The lowest BCUT2D eigenvalue weighted by Crippen LogP contribution is -2.17. The minimum absolute atomic E-state index is 0.0554. The number of hydrogen-bond acceptors (Lipinski definition) is 7. The number of aromatic nitrogens is 3. The number of fused-ring (bicyclic) bond motifs is 1. The van der Waals surface area contributed by atoms with Gasteiger partial charge >= 0.3 is 0 Å². The van der Waals surface area contributed by atoms with Crippen molar-refractivity contribution in [3.05, 3.63) is 42.0 Å². The van der Waals surface area contributed by atoms with E-state index in [1.54, 1.807) is 0 Å². The van der Waals surface area contributed by atoms with Gasteiger partial charge in [-0.3, -0.25) is 4.79 Å². The molecule has 2 fully saturated rings. The first-order chi connectivity index (χ1) is 16.1. The highest BCUT2D eigenvalue weighted by atomic mass is 16.5. The summed E-state index contributed by atoms with van der Waals surface area (Å²) in [5.74, 6) is 1.39. The third kappa shape index (κ3) is 4.89. The molecule has 0 unspecified atom stereocenters. The normalized spacial score (nSPS) is 18.2. The van der Waals surface area contributed by atoms with Gasteiger partial charge in [0.1, 0.15) is 23.3 Å². The maximum absolute atomic E-state index is 13.0. The van der Waals surface area contributed by atoms with E-state index < -0.39 is 0 Å². The summed E-state index contributed by atoms with van der Waals surface area (Å²) in [5.41, 5.74) is 2.64. The van der Waals surface area contributed by atoms with E-state index in [1.165, 1.54) is 6.26 Å². The van der Waals surface area contributed by atoms with Crippen LogP contribution in [0.15, 0.2) is 29.1 Å². The first-order valence-corrected chi connectivity index (χ1v) is 11.7. The number of ether oxygens (including phenoxy) is 3. The number of imidazole rings is 1. The van der Waals surface area contributed by atoms with Gasteiger partial charge in [-0.25, -0.2) is 9.97 Å². The summed E-state index contributed by atoms with van der Waals surface area (Å²) >= 11 is 0. The maximum Gasteiger partial charge on any atom is 0.277 e. The Morgan fingerprint density at radius 3 is 2.45 bits per heavy atom. The summed E-state index contributed by atoms with van der Waals surface area (Å²) in [6.07, 6.45) is 8.86. The number of amides is 1. The predicted octanol–water partition coefficient (Wildman–Crippen LogP) is 4.15. The van der Waals surface area contributed by atoms with Crippen molar-refractivity contribution in [1.82, 2.24) is 14.4 Å². The highest BCUT2D eigenvalue weighted by Crippen LogP contribution is 2.32. The van der Waals surface area contributed by atoms with Crippen LogP contribution in [0.5, 0.6) is 5.75 Å². The Hall–Kier alpha value is -2.91. The Bertz CT molecular complexity index is 1110. The van der Waals surface area contributed by atoms with Gasteiger partial charge in [-0.2, -0.15) is 0 Å². The van der Waals surface area contributed by atoms with Crippen molar-refractivity contribution < 1.29 is 23.4 Å². The van der Waals surface area contributed by atoms with Crippen molar-refractivity contribution >= 4 is 17.2 Å². The van der Waals surface area contributed by atoms with E-state index >= 15 is 0 Å². The molecular formula is C24H30N4O5. The van der Waals surface area contributed by atoms with E-state index in [9.17, 15) is 4.79 Å². The standard InChI is InChI=1S/C24H30N4O5/c1-15(2)33-21-11-22-25-18(16-3-7-30-8-4-16)12-28(22)13-19(21)26-23(29)20-14-32-24(27-20)17-5-9-31-10-6-17/h11-17H,3-10H2,1-2H3,(H,26,29). The molecule has 0 bridgehead atoms. The number of oxazole rings is 1. The molecule has 0 radical (unpaired) electrons. The number of carbonyl (C=O) groups is 1. The van der Waals surface area contributed by atoms with Crippen molar-refractivity contribution in [2.45, 2.75) is 57.5 Å². The van der Waals surface area contributed by atoms with Gasteiger partial charge in [-0.1, -0.05) is 0 Å². The van der Waals surface area contributed by atoms with Gasteiger partial charge in [0.15, 0.2) is 11.6 Å². The molecule has 2 aliphatic heterocycles. The van der Waals surface area contributed by atoms with Crippen molar-refractivity contribution in [2.75, 3.05) is 31.7 Å². The summed E-state index contributed by atoms with van der Waals surface area (Å²) < 4.78 is 24.4. The molecule has 33 heavy (non-hydrogen) atoms. The molecule has 3 aromatic heterocycles. The fourth-order valence-electron chi connectivity index (χ4n) is 4.38. The molecule has 0 saturated carbocycles. The molecule has 0 aliphatic carbocycles. The lowest BCUT2D eigenvalue weighted by Gasteiger charge is -2.19. The molecule has 0 spiro atoms. The Kier molecular flexibility index (Phi) is 6.32. The van der Waals surface area contributed by atoms with Crippen LogP contribution >= 0.6 is 0 Å². The smallest absolute Gasteiger partial charge is 0.277 e. The quantitative estimate of drug-likeness (QED) is 0.597. The third-order valence-corrected chi connectivity index (χ3v) is 6.15. The van der Waals surface area contributed by atoms with Crippen LogP contribution in [0.4, 0.5) is 5.69 Å². The number of nitrogens with zero attached hydrogens (tertiary/aromatic N) is 3.